The topological polar surface area (TPSA) is 82.9 Å². The zero-order chi connectivity index (χ0) is 15.8. The van der Waals surface area contributed by atoms with Gasteiger partial charge < -0.3 is 14.6 Å². The van der Waals surface area contributed by atoms with Crippen LogP contribution in [0.15, 0.2) is 15.4 Å². The van der Waals surface area contributed by atoms with E-state index >= 15 is 0 Å². The molecule has 0 spiro atoms. The Morgan fingerprint density at radius 2 is 2.09 bits per heavy atom. The molecule has 1 N–H and O–H groups in total. The lowest BCUT2D eigenvalue weighted by atomic mass is 10.2. The molecule has 1 atom stereocenters. The molecule has 7 nitrogen and oxygen atoms in total. The molecule has 126 valence electrons. The second-order valence-corrected chi connectivity index (χ2v) is 7.49. The summed E-state index contributed by atoms with van der Waals surface area (Å²) in [5.74, 6) is 0.0313. The van der Waals surface area contributed by atoms with Crippen molar-refractivity contribution in [1.29, 1.82) is 0 Å². The van der Waals surface area contributed by atoms with E-state index in [0.717, 1.165) is 10.8 Å². The molecule has 2 rings (SSSR count). The average molecular weight is 352 g/mol. The molecule has 0 aromatic carbocycles. The van der Waals surface area contributed by atoms with Crippen LogP contribution < -0.4 is 5.32 Å². The van der Waals surface area contributed by atoms with Crippen LogP contribution in [0, 0.1) is 6.92 Å². The van der Waals surface area contributed by atoms with Gasteiger partial charge in [-0.3, -0.25) is 4.79 Å². The first kappa shape index (κ1) is 19.0. The lowest BCUT2D eigenvalue weighted by Gasteiger charge is -2.33. The van der Waals surface area contributed by atoms with Crippen molar-refractivity contribution in [2.24, 2.45) is 0 Å². The third-order valence-corrected chi connectivity index (χ3v) is 5.53. The summed E-state index contributed by atoms with van der Waals surface area (Å²) in [6.07, 6.45) is 0. The quantitative estimate of drug-likeness (QED) is 0.866. The monoisotopic (exact) mass is 351 g/mol. The molecule has 1 fully saturated rings. The van der Waals surface area contributed by atoms with Crippen LogP contribution in [0.2, 0.25) is 0 Å². The van der Waals surface area contributed by atoms with Gasteiger partial charge in [0, 0.05) is 45.8 Å². The average Bonchev–Trinajstić information content (AvgIpc) is 2.81. The largest absolute Gasteiger partial charge is 0.455 e. The Hall–Kier alpha value is -1.09. The first-order valence-electron chi connectivity index (χ1n) is 6.79. The van der Waals surface area contributed by atoms with Crippen molar-refractivity contribution in [3.8, 4) is 0 Å². The summed E-state index contributed by atoms with van der Waals surface area (Å²) < 4.78 is 30.8. The first-order valence-corrected chi connectivity index (χ1v) is 8.23. The number of aryl methyl sites for hydroxylation is 1. The van der Waals surface area contributed by atoms with Gasteiger partial charge in [-0.05, 0) is 13.8 Å². The van der Waals surface area contributed by atoms with Crippen molar-refractivity contribution in [3.63, 3.8) is 0 Å². The number of halogens is 1. The highest BCUT2D eigenvalue weighted by atomic mass is 35.5. The number of amides is 1. The van der Waals surface area contributed by atoms with Crippen LogP contribution in [0.5, 0.6) is 0 Å². The fourth-order valence-electron chi connectivity index (χ4n) is 2.31. The van der Waals surface area contributed by atoms with Gasteiger partial charge in [0.25, 0.3) is 5.91 Å². The number of hydrogen-bond donors (Lipinski definition) is 1. The van der Waals surface area contributed by atoms with Crippen molar-refractivity contribution >= 4 is 28.3 Å². The third kappa shape index (κ3) is 3.45. The molecular weight excluding hydrogens is 330 g/mol. The van der Waals surface area contributed by atoms with Gasteiger partial charge in [0.2, 0.25) is 10.0 Å². The summed E-state index contributed by atoms with van der Waals surface area (Å²) in [5.41, 5.74) is 0. The van der Waals surface area contributed by atoms with Gasteiger partial charge in [-0.1, -0.05) is 0 Å². The number of carbonyl (C=O) groups is 1. The van der Waals surface area contributed by atoms with E-state index in [0.29, 0.717) is 13.1 Å². The highest BCUT2D eigenvalue weighted by molar-refractivity contribution is 7.89. The molecular formula is C13H22ClN3O4S. The summed E-state index contributed by atoms with van der Waals surface area (Å²) in [7, 11) is -0.716. The number of furan rings is 1. The van der Waals surface area contributed by atoms with E-state index in [9.17, 15) is 13.2 Å². The second kappa shape index (κ2) is 6.99. The highest BCUT2D eigenvalue weighted by Crippen LogP contribution is 2.24. The molecule has 0 aliphatic carbocycles. The van der Waals surface area contributed by atoms with Crippen molar-refractivity contribution < 1.29 is 17.6 Å². The van der Waals surface area contributed by atoms with Crippen LogP contribution in [-0.2, 0) is 10.0 Å². The Bertz CT molecular complexity index is 642. The highest BCUT2D eigenvalue weighted by Gasteiger charge is 2.30. The SMILES string of the molecule is Cc1oc(C(=O)N2CCNCC2C)cc1S(=O)(=O)N(C)C.Cl. The molecule has 0 bridgehead atoms. The Labute approximate surface area is 137 Å². The third-order valence-electron chi connectivity index (χ3n) is 3.60. The molecule has 1 amide bonds. The van der Waals surface area contributed by atoms with Gasteiger partial charge in [-0.15, -0.1) is 12.4 Å². The molecule has 1 aliphatic heterocycles. The van der Waals surface area contributed by atoms with Crippen LogP contribution >= 0.6 is 12.4 Å². The molecule has 1 aliphatic rings. The summed E-state index contributed by atoms with van der Waals surface area (Å²) in [5, 5.41) is 3.20. The van der Waals surface area contributed by atoms with Crippen LogP contribution in [0.3, 0.4) is 0 Å². The summed E-state index contributed by atoms with van der Waals surface area (Å²) in [6.45, 7) is 5.51. The van der Waals surface area contributed by atoms with E-state index in [4.69, 9.17) is 4.42 Å². The van der Waals surface area contributed by atoms with Crippen LogP contribution in [0.4, 0.5) is 0 Å². The smallest absolute Gasteiger partial charge is 0.289 e. The van der Waals surface area contributed by atoms with E-state index in [-0.39, 0.29) is 40.8 Å². The van der Waals surface area contributed by atoms with Crippen molar-refractivity contribution in [2.45, 2.75) is 24.8 Å². The lowest BCUT2D eigenvalue weighted by molar-refractivity contribution is 0.0622. The Kier molecular flexibility index (Phi) is 6.03. The van der Waals surface area contributed by atoms with Crippen LogP contribution in [-0.4, -0.2) is 63.3 Å². The molecule has 2 heterocycles. The summed E-state index contributed by atoms with van der Waals surface area (Å²) in [6, 6.07) is 1.37. The minimum absolute atomic E-state index is 0. The first-order chi connectivity index (χ1) is 9.75. The van der Waals surface area contributed by atoms with E-state index < -0.39 is 10.0 Å². The molecule has 0 radical (unpaired) electrons. The molecule has 1 aromatic heterocycles. The van der Waals surface area contributed by atoms with Gasteiger partial charge in [-0.2, -0.15) is 0 Å². The van der Waals surface area contributed by atoms with Crippen molar-refractivity contribution in [2.75, 3.05) is 33.7 Å². The van der Waals surface area contributed by atoms with Crippen molar-refractivity contribution in [3.05, 3.63) is 17.6 Å². The molecule has 1 aromatic rings. The zero-order valence-corrected chi connectivity index (χ0v) is 14.8. The van der Waals surface area contributed by atoms with Gasteiger partial charge in [-0.25, -0.2) is 12.7 Å². The maximum Gasteiger partial charge on any atom is 0.289 e. The number of sulfonamides is 1. The number of rotatable bonds is 3. The molecule has 0 saturated carbocycles. The normalized spacial score (nSPS) is 19.1. The van der Waals surface area contributed by atoms with E-state index in [1.165, 1.54) is 20.2 Å². The van der Waals surface area contributed by atoms with E-state index in [1.54, 1.807) is 11.8 Å². The van der Waals surface area contributed by atoms with Gasteiger partial charge >= 0.3 is 0 Å². The lowest BCUT2D eigenvalue weighted by Crippen LogP contribution is -2.52. The standard InChI is InChI=1S/C13H21N3O4S.ClH/c1-9-8-14-5-6-16(9)13(17)11-7-12(10(2)20-11)21(18,19)15(3)4;/h7,9,14H,5-6,8H2,1-4H3;1H. The molecule has 1 saturated heterocycles. The number of nitrogens with one attached hydrogen (secondary N) is 1. The summed E-state index contributed by atoms with van der Waals surface area (Å²) in [4.78, 5) is 14.2. The fraction of sp³-hybridized carbons (Fsp3) is 0.615. The van der Waals surface area contributed by atoms with Crippen LogP contribution in [0.1, 0.15) is 23.2 Å². The number of piperazine rings is 1. The predicted octanol–water partition coefficient (Wildman–Crippen LogP) is 0.694. The Balaban J connectivity index is 0.00000242. The van der Waals surface area contributed by atoms with Crippen LogP contribution in [0.25, 0.3) is 0 Å². The number of nitrogens with zero attached hydrogens (tertiary/aromatic N) is 2. The minimum Gasteiger partial charge on any atom is -0.455 e. The molecule has 1 unspecified atom stereocenters. The Morgan fingerprint density at radius 3 is 2.64 bits per heavy atom. The maximum atomic E-state index is 12.5. The number of hydrogen-bond acceptors (Lipinski definition) is 5. The zero-order valence-electron chi connectivity index (χ0n) is 13.1. The van der Waals surface area contributed by atoms with E-state index in [1.807, 2.05) is 6.92 Å². The fourth-order valence-corrected chi connectivity index (χ4v) is 3.36. The predicted molar refractivity (Wildman–Crippen MR) is 84.9 cm³/mol. The molecule has 22 heavy (non-hydrogen) atoms. The Morgan fingerprint density at radius 1 is 1.45 bits per heavy atom. The summed E-state index contributed by atoms with van der Waals surface area (Å²) >= 11 is 0. The van der Waals surface area contributed by atoms with Crippen molar-refractivity contribution in [1.82, 2.24) is 14.5 Å². The van der Waals surface area contributed by atoms with Gasteiger partial charge in [0.05, 0.1) is 0 Å². The maximum absolute atomic E-state index is 12.5. The van der Waals surface area contributed by atoms with E-state index in [2.05, 4.69) is 5.32 Å². The number of carbonyl (C=O) groups excluding carboxylic acids is 1. The van der Waals surface area contributed by atoms with Gasteiger partial charge in [0.15, 0.2) is 5.76 Å². The van der Waals surface area contributed by atoms with Gasteiger partial charge in [0.1, 0.15) is 10.7 Å². The second-order valence-electron chi connectivity index (χ2n) is 5.37. The minimum atomic E-state index is -3.61. The molecule has 9 heteroatoms.